The van der Waals surface area contributed by atoms with E-state index in [-0.39, 0.29) is 11.8 Å². The summed E-state index contributed by atoms with van der Waals surface area (Å²) in [6, 6.07) is 26.4. The van der Waals surface area contributed by atoms with Crippen molar-refractivity contribution in [1.82, 2.24) is 15.1 Å². The largest absolute Gasteiger partial charge is 0.434 e. The number of carbonyl (C=O) groups excluding carboxylic acids is 2. The van der Waals surface area contributed by atoms with Gasteiger partial charge in [-0.1, -0.05) is 91.0 Å². The van der Waals surface area contributed by atoms with Crippen molar-refractivity contribution in [1.29, 1.82) is 0 Å². The van der Waals surface area contributed by atoms with Crippen molar-refractivity contribution >= 4 is 11.8 Å². The zero-order chi connectivity index (χ0) is 25.2. The molecule has 3 aromatic carbocycles. The Balaban J connectivity index is 1.39. The van der Waals surface area contributed by atoms with Gasteiger partial charge in [-0.15, -0.1) is 0 Å². The first-order valence-electron chi connectivity index (χ1n) is 13.0. The zero-order valence-electron chi connectivity index (χ0n) is 20.8. The van der Waals surface area contributed by atoms with Crippen LogP contribution in [0, 0.1) is 0 Å². The quantitative estimate of drug-likeness (QED) is 0.321. The molecule has 0 radical (unpaired) electrons. The number of hydrogen-bond acceptors (Lipinski definition) is 6. The van der Waals surface area contributed by atoms with Gasteiger partial charge in [0.25, 0.3) is 0 Å². The zero-order valence-corrected chi connectivity index (χ0v) is 20.8. The number of carbonyl (C=O) groups is 2. The van der Waals surface area contributed by atoms with Gasteiger partial charge in [-0.3, -0.25) is 14.5 Å². The first-order valence-corrected chi connectivity index (χ1v) is 13.0. The number of rotatable bonds is 6. The summed E-state index contributed by atoms with van der Waals surface area (Å²) in [5, 5.41) is 3.33. The predicted molar refractivity (Wildman–Crippen MR) is 142 cm³/mol. The Morgan fingerprint density at radius 2 is 1.65 bits per heavy atom. The highest BCUT2D eigenvalue weighted by Crippen LogP contribution is 2.46. The molecule has 2 saturated heterocycles. The SMILES string of the molecule is O=C1OC(c2ccccc2)(c2ccccc2)N2C1CNCC2C(=O)c1cccc(CN2CC=CCC2)c1. The molecule has 2 fully saturated rings. The molecule has 6 nitrogen and oxygen atoms in total. The van der Waals surface area contributed by atoms with Gasteiger partial charge in [0, 0.05) is 49.4 Å². The summed E-state index contributed by atoms with van der Waals surface area (Å²) < 4.78 is 6.29. The van der Waals surface area contributed by atoms with Crippen LogP contribution in [-0.4, -0.2) is 59.8 Å². The molecule has 0 aromatic heterocycles. The first kappa shape index (κ1) is 23.8. The number of hydrogen-bond donors (Lipinski definition) is 1. The molecule has 0 aliphatic carbocycles. The Morgan fingerprint density at radius 3 is 2.32 bits per heavy atom. The molecule has 3 aliphatic heterocycles. The van der Waals surface area contributed by atoms with E-state index in [2.05, 4.69) is 28.4 Å². The van der Waals surface area contributed by atoms with Gasteiger partial charge in [-0.25, -0.2) is 4.90 Å². The lowest BCUT2D eigenvalue weighted by atomic mass is 9.88. The smallest absolute Gasteiger partial charge is 0.327 e. The summed E-state index contributed by atoms with van der Waals surface area (Å²) in [7, 11) is 0. The third kappa shape index (κ3) is 4.31. The van der Waals surface area contributed by atoms with Crippen LogP contribution in [0.15, 0.2) is 97.1 Å². The van der Waals surface area contributed by atoms with Crippen LogP contribution in [0.4, 0.5) is 0 Å². The fraction of sp³-hybridized carbons (Fsp3) is 0.290. The Labute approximate surface area is 217 Å². The Bertz CT molecular complexity index is 1270. The van der Waals surface area contributed by atoms with Gasteiger partial charge in [0.2, 0.25) is 5.72 Å². The molecule has 0 bridgehead atoms. The summed E-state index contributed by atoms with van der Waals surface area (Å²) in [4.78, 5) is 31.9. The summed E-state index contributed by atoms with van der Waals surface area (Å²) >= 11 is 0. The Hall–Kier alpha value is -3.58. The van der Waals surface area contributed by atoms with E-state index in [1.165, 1.54) is 0 Å². The second kappa shape index (κ2) is 10.1. The summed E-state index contributed by atoms with van der Waals surface area (Å²) in [6.07, 6.45) is 5.47. The van der Waals surface area contributed by atoms with E-state index in [1.807, 2.05) is 83.8 Å². The molecule has 0 spiro atoms. The lowest BCUT2D eigenvalue weighted by Gasteiger charge is -2.44. The monoisotopic (exact) mass is 493 g/mol. The molecule has 6 rings (SSSR count). The van der Waals surface area contributed by atoms with Crippen LogP contribution in [0.2, 0.25) is 0 Å². The molecule has 0 amide bonds. The maximum Gasteiger partial charge on any atom is 0.327 e. The van der Waals surface area contributed by atoms with E-state index in [4.69, 9.17) is 4.74 Å². The van der Waals surface area contributed by atoms with Crippen LogP contribution in [0.5, 0.6) is 0 Å². The fourth-order valence-corrected chi connectivity index (χ4v) is 5.91. The van der Waals surface area contributed by atoms with E-state index >= 15 is 0 Å². The van der Waals surface area contributed by atoms with Crippen molar-refractivity contribution in [3.05, 3.63) is 119 Å². The second-order valence-electron chi connectivity index (χ2n) is 9.95. The molecule has 6 heteroatoms. The molecular formula is C31H31N3O3. The van der Waals surface area contributed by atoms with Crippen LogP contribution >= 0.6 is 0 Å². The van der Waals surface area contributed by atoms with E-state index in [0.29, 0.717) is 18.7 Å². The van der Waals surface area contributed by atoms with Gasteiger partial charge in [-0.2, -0.15) is 0 Å². The lowest BCUT2D eigenvalue weighted by molar-refractivity contribution is -0.150. The summed E-state index contributed by atoms with van der Waals surface area (Å²) in [5.74, 6) is -0.322. The van der Waals surface area contributed by atoms with Crippen molar-refractivity contribution in [2.45, 2.75) is 30.8 Å². The van der Waals surface area contributed by atoms with Crippen LogP contribution in [-0.2, 0) is 21.8 Å². The molecule has 37 heavy (non-hydrogen) atoms. The van der Waals surface area contributed by atoms with E-state index in [9.17, 15) is 9.59 Å². The minimum absolute atomic E-state index is 0.00729. The summed E-state index contributed by atoms with van der Waals surface area (Å²) in [5.41, 5.74) is 2.27. The fourth-order valence-electron chi connectivity index (χ4n) is 5.91. The number of esters is 1. The second-order valence-corrected chi connectivity index (χ2v) is 9.95. The predicted octanol–water partition coefficient (Wildman–Crippen LogP) is 3.73. The number of cyclic esters (lactones) is 1. The number of piperazine rings is 1. The Morgan fingerprint density at radius 1 is 0.919 bits per heavy atom. The van der Waals surface area contributed by atoms with Gasteiger partial charge in [0.1, 0.15) is 6.04 Å². The van der Waals surface area contributed by atoms with Crippen LogP contribution in [0.1, 0.15) is 33.5 Å². The number of nitrogens with one attached hydrogen (secondary N) is 1. The number of Topliss-reactive ketones (excluding diaryl/α,β-unsaturated/α-hetero) is 1. The highest BCUT2D eigenvalue weighted by molar-refractivity contribution is 6.01. The van der Waals surface area contributed by atoms with Gasteiger partial charge >= 0.3 is 5.97 Å². The average molecular weight is 494 g/mol. The molecule has 188 valence electrons. The van der Waals surface area contributed by atoms with E-state index < -0.39 is 17.8 Å². The first-order chi connectivity index (χ1) is 18.2. The number of nitrogens with zero attached hydrogens (tertiary/aromatic N) is 2. The van der Waals surface area contributed by atoms with E-state index in [0.717, 1.165) is 42.7 Å². The minimum Gasteiger partial charge on any atom is -0.434 e. The number of ketones is 1. The van der Waals surface area contributed by atoms with Gasteiger partial charge < -0.3 is 10.1 Å². The van der Waals surface area contributed by atoms with Crippen LogP contribution in [0.25, 0.3) is 0 Å². The normalized spacial score (nSPS) is 23.4. The number of fused-ring (bicyclic) bond motifs is 1. The van der Waals surface area contributed by atoms with Crippen LogP contribution in [0.3, 0.4) is 0 Å². The highest BCUT2D eigenvalue weighted by atomic mass is 16.6. The Kier molecular flexibility index (Phi) is 6.47. The van der Waals surface area contributed by atoms with E-state index in [1.54, 1.807) is 0 Å². The maximum absolute atomic E-state index is 14.2. The van der Waals surface area contributed by atoms with Gasteiger partial charge in [0.15, 0.2) is 5.78 Å². The van der Waals surface area contributed by atoms with Crippen molar-refractivity contribution in [3.63, 3.8) is 0 Å². The number of benzene rings is 3. The van der Waals surface area contributed by atoms with Crippen molar-refractivity contribution in [3.8, 4) is 0 Å². The third-order valence-corrected chi connectivity index (χ3v) is 7.62. The minimum atomic E-state index is -1.18. The van der Waals surface area contributed by atoms with Crippen molar-refractivity contribution in [2.75, 3.05) is 26.2 Å². The van der Waals surface area contributed by atoms with Gasteiger partial charge in [-0.05, 0) is 18.1 Å². The maximum atomic E-state index is 14.2. The molecule has 2 atom stereocenters. The molecule has 3 aromatic rings. The molecule has 2 unspecified atom stereocenters. The molecule has 3 heterocycles. The number of ether oxygens (including phenoxy) is 1. The third-order valence-electron chi connectivity index (χ3n) is 7.62. The molecule has 1 N–H and O–H groups in total. The average Bonchev–Trinajstić information content (AvgIpc) is 3.28. The molecule has 3 aliphatic rings. The topological polar surface area (TPSA) is 61.9 Å². The molecular weight excluding hydrogens is 462 g/mol. The van der Waals surface area contributed by atoms with Crippen molar-refractivity contribution in [2.24, 2.45) is 0 Å². The van der Waals surface area contributed by atoms with Crippen molar-refractivity contribution < 1.29 is 14.3 Å². The van der Waals surface area contributed by atoms with Crippen LogP contribution < -0.4 is 5.32 Å². The molecule has 0 saturated carbocycles. The standard InChI is InChI=1S/C31H31N3O3/c35-29(24-12-10-11-23(19-24)22-33-17-8-3-9-18-33)27-20-32-21-28-30(36)37-31(34(27)28,25-13-4-1-5-14-25)26-15-6-2-7-16-26/h1-8,10-16,19,27-28,32H,9,17-18,20-22H2. The highest BCUT2D eigenvalue weighted by Gasteiger charge is 2.60. The summed E-state index contributed by atoms with van der Waals surface area (Å²) in [6.45, 7) is 3.63. The van der Waals surface area contributed by atoms with Gasteiger partial charge in [0.05, 0.1) is 6.04 Å². The lowest BCUT2D eigenvalue weighted by Crippen LogP contribution is -2.64.